The first kappa shape index (κ1) is 21.6. The highest BCUT2D eigenvalue weighted by Gasteiger charge is 2.23. The third kappa shape index (κ3) is 7.54. The molecule has 0 saturated carbocycles. The van der Waals surface area contributed by atoms with Crippen molar-refractivity contribution in [3.05, 3.63) is 54.2 Å². The van der Waals surface area contributed by atoms with Crippen molar-refractivity contribution in [1.29, 1.82) is 0 Å². The molecule has 0 bridgehead atoms. The van der Waals surface area contributed by atoms with Crippen molar-refractivity contribution >= 4 is 7.25 Å². The quantitative estimate of drug-likeness (QED) is 0.387. The van der Waals surface area contributed by atoms with E-state index in [9.17, 15) is 17.3 Å². The van der Waals surface area contributed by atoms with Crippen LogP contribution in [-0.4, -0.2) is 21.5 Å². The number of hydrogen-bond acceptors (Lipinski definition) is 2. The van der Waals surface area contributed by atoms with Crippen LogP contribution in [0.5, 0.6) is 11.5 Å². The van der Waals surface area contributed by atoms with Gasteiger partial charge in [-0.3, -0.25) is 0 Å². The predicted octanol–water partition coefficient (Wildman–Crippen LogP) is 2.06. The van der Waals surface area contributed by atoms with E-state index in [1.54, 1.807) is 14.2 Å². The van der Waals surface area contributed by atoms with Crippen LogP contribution < -0.4 is 30.7 Å². The Morgan fingerprint density at radius 3 is 1.72 bits per heavy atom. The average molecular weight is 470 g/mol. The van der Waals surface area contributed by atoms with Gasteiger partial charge >= 0.3 is 28.5 Å². The van der Waals surface area contributed by atoms with Gasteiger partial charge in [-0.1, -0.05) is 17.7 Å². The molecular formula is C17H20BF4IO2. The van der Waals surface area contributed by atoms with Crippen molar-refractivity contribution in [2.45, 2.75) is 20.8 Å². The topological polar surface area (TPSA) is 18.5 Å². The van der Waals surface area contributed by atoms with E-state index >= 15 is 0 Å². The summed E-state index contributed by atoms with van der Waals surface area (Å²) in [6.45, 7) is 6.56. The van der Waals surface area contributed by atoms with Crippen LogP contribution in [0.4, 0.5) is 17.3 Å². The van der Waals surface area contributed by atoms with Crippen LogP contribution >= 0.6 is 0 Å². The molecule has 2 rings (SSSR count). The number of benzene rings is 2. The molecule has 0 atom stereocenters. The molecule has 0 aliphatic heterocycles. The van der Waals surface area contributed by atoms with Crippen LogP contribution in [0.2, 0.25) is 0 Å². The second-order valence-electron chi connectivity index (χ2n) is 5.30. The molecule has 0 saturated heterocycles. The van der Waals surface area contributed by atoms with Crippen molar-refractivity contribution in [2.75, 3.05) is 14.2 Å². The summed E-state index contributed by atoms with van der Waals surface area (Å²) < 4.78 is 52.5. The molecule has 0 heterocycles. The maximum atomic E-state index is 9.75. The minimum Gasteiger partial charge on any atom is -0.493 e. The number of halogens is 5. The zero-order chi connectivity index (χ0) is 19.2. The number of hydrogen-bond donors (Lipinski definition) is 0. The van der Waals surface area contributed by atoms with E-state index in [2.05, 4.69) is 45.0 Å². The summed E-state index contributed by atoms with van der Waals surface area (Å²) in [5.74, 6) is 1.60. The van der Waals surface area contributed by atoms with Crippen LogP contribution in [0, 0.1) is 27.9 Å². The fourth-order valence-electron chi connectivity index (χ4n) is 2.29. The van der Waals surface area contributed by atoms with E-state index < -0.39 is 7.25 Å². The molecule has 0 aliphatic rings. The second-order valence-corrected chi connectivity index (χ2v) is 8.17. The van der Waals surface area contributed by atoms with Gasteiger partial charge in [0.15, 0.2) is 18.6 Å². The molecule has 138 valence electrons. The van der Waals surface area contributed by atoms with Crippen LogP contribution in [0.15, 0.2) is 30.3 Å². The van der Waals surface area contributed by atoms with Gasteiger partial charge < -0.3 is 26.7 Å². The number of rotatable bonds is 4. The van der Waals surface area contributed by atoms with Crippen LogP contribution in [-0.2, 0) is 0 Å². The zero-order valence-electron chi connectivity index (χ0n) is 14.7. The molecule has 0 aromatic heterocycles. The Kier molecular flexibility index (Phi) is 8.04. The summed E-state index contributed by atoms with van der Waals surface area (Å²) in [4.78, 5) is 0. The van der Waals surface area contributed by atoms with Crippen molar-refractivity contribution in [1.82, 2.24) is 0 Å². The van der Waals surface area contributed by atoms with E-state index in [0.717, 1.165) is 11.5 Å². The van der Waals surface area contributed by atoms with Crippen LogP contribution in [0.1, 0.15) is 16.7 Å². The summed E-state index contributed by atoms with van der Waals surface area (Å²) in [5.41, 5.74) is 4.12. The molecule has 0 radical (unpaired) electrons. The Balaban J connectivity index is 0.000000550. The van der Waals surface area contributed by atoms with Gasteiger partial charge in [0, 0.05) is 17.2 Å². The fraction of sp³-hybridized carbons (Fsp3) is 0.294. The van der Waals surface area contributed by atoms with Gasteiger partial charge in [0.2, 0.25) is 0 Å². The van der Waals surface area contributed by atoms with E-state index in [4.69, 9.17) is 9.47 Å². The normalized spacial score (nSPS) is 10.8. The van der Waals surface area contributed by atoms with E-state index in [1.807, 2.05) is 6.07 Å². The average Bonchev–Trinajstić information content (AvgIpc) is 2.49. The summed E-state index contributed by atoms with van der Waals surface area (Å²) >= 11 is -0.204. The molecule has 2 nitrogen and oxygen atoms in total. The smallest absolute Gasteiger partial charge is 0.493 e. The van der Waals surface area contributed by atoms with Gasteiger partial charge in [-0.15, -0.1) is 0 Å². The molecule has 2 aromatic carbocycles. The molecule has 2 aromatic rings. The van der Waals surface area contributed by atoms with E-state index in [1.165, 1.54) is 23.8 Å². The largest absolute Gasteiger partial charge is 0.673 e. The lowest BCUT2D eigenvalue weighted by Gasteiger charge is -2.06. The molecule has 0 fully saturated rings. The lowest BCUT2D eigenvalue weighted by molar-refractivity contribution is -0.598. The van der Waals surface area contributed by atoms with E-state index in [0.29, 0.717) is 0 Å². The van der Waals surface area contributed by atoms with E-state index in [-0.39, 0.29) is 21.2 Å². The van der Waals surface area contributed by atoms with Gasteiger partial charge in [-0.05, 0) is 32.9 Å². The lowest BCUT2D eigenvalue weighted by Crippen LogP contribution is -3.62. The molecule has 0 N–H and O–H groups in total. The highest BCUT2D eigenvalue weighted by atomic mass is 127. The molecule has 25 heavy (non-hydrogen) atoms. The molecule has 0 aliphatic carbocycles. The summed E-state index contributed by atoms with van der Waals surface area (Å²) in [5, 5.41) is 0. The first-order valence-electron chi connectivity index (χ1n) is 7.37. The van der Waals surface area contributed by atoms with Gasteiger partial charge in [0.05, 0.1) is 14.2 Å². The number of methoxy groups -OCH3 is 2. The first-order valence-corrected chi connectivity index (χ1v) is 9.53. The van der Waals surface area contributed by atoms with Gasteiger partial charge in [0.25, 0.3) is 0 Å². The molecule has 0 spiro atoms. The van der Waals surface area contributed by atoms with Crippen molar-refractivity contribution < 1.29 is 47.9 Å². The minimum atomic E-state index is -6.00. The van der Waals surface area contributed by atoms with Crippen molar-refractivity contribution in [2.24, 2.45) is 0 Å². The number of ether oxygens (including phenoxy) is 2. The number of aryl methyl sites for hydroxylation is 3. The maximum Gasteiger partial charge on any atom is 0.673 e. The minimum absolute atomic E-state index is 0.204. The van der Waals surface area contributed by atoms with Crippen LogP contribution in [0.25, 0.3) is 0 Å². The van der Waals surface area contributed by atoms with Gasteiger partial charge in [-0.2, -0.15) is 0 Å². The Hall–Kier alpha value is -1.45. The Morgan fingerprint density at radius 1 is 0.800 bits per heavy atom. The Bertz CT molecular complexity index is 691. The molecule has 8 heteroatoms. The van der Waals surface area contributed by atoms with Gasteiger partial charge in [0.1, 0.15) is 0 Å². The lowest BCUT2D eigenvalue weighted by atomic mass is 10.1. The third-order valence-corrected chi connectivity index (χ3v) is 6.66. The second kappa shape index (κ2) is 9.31. The van der Waals surface area contributed by atoms with Gasteiger partial charge in [-0.25, -0.2) is 0 Å². The monoisotopic (exact) mass is 470 g/mol. The van der Waals surface area contributed by atoms with Crippen LogP contribution in [0.3, 0.4) is 0 Å². The Labute approximate surface area is 155 Å². The first-order chi connectivity index (χ1) is 11.5. The summed E-state index contributed by atoms with van der Waals surface area (Å²) in [7, 11) is -2.65. The predicted molar refractivity (Wildman–Crippen MR) is 87.8 cm³/mol. The highest BCUT2D eigenvalue weighted by molar-refractivity contribution is 6.50. The summed E-state index contributed by atoms with van der Waals surface area (Å²) in [6.07, 6.45) is 0. The SMILES string of the molecule is COc1ccc([I+]c2c(C)cc(C)cc2C)cc1OC.F[B-](F)(F)F. The third-order valence-electron chi connectivity index (χ3n) is 3.13. The van der Waals surface area contributed by atoms with Crippen molar-refractivity contribution in [3.8, 4) is 11.5 Å². The zero-order valence-corrected chi connectivity index (χ0v) is 16.8. The maximum absolute atomic E-state index is 9.75. The Morgan fingerprint density at radius 2 is 1.28 bits per heavy atom. The molecule has 0 amide bonds. The molecular weight excluding hydrogens is 450 g/mol. The fourth-order valence-corrected chi connectivity index (χ4v) is 4.87. The standard InChI is InChI=1S/C17H20IO2.BF4/c1-11-8-12(2)17(13(3)9-11)18-14-6-7-15(19-4)16(10-14)20-5;2-1(3,4)5/h6-10H,1-5H3;/q+1;-1. The summed E-state index contributed by atoms with van der Waals surface area (Å²) in [6, 6.07) is 10.8. The highest BCUT2D eigenvalue weighted by Crippen LogP contribution is 2.25. The molecule has 0 unspecified atom stereocenters. The van der Waals surface area contributed by atoms with Crippen molar-refractivity contribution in [3.63, 3.8) is 0 Å².